The number of hydrogen-bond acceptors (Lipinski definition) is 5. The zero-order valence-electron chi connectivity index (χ0n) is 6.01. The van der Waals surface area contributed by atoms with Gasteiger partial charge < -0.3 is 25.7 Å². The quantitative estimate of drug-likeness (QED) is 0.300. The predicted octanol–water partition coefficient (Wildman–Crippen LogP) is -2.97. The minimum Gasteiger partial charge on any atom is -0.395 e. The zero-order valence-corrected chi connectivity index (χ0v) is 6.01. The van der Waals surface area contributed by atoms with Crippen molar-refractivity contribution in [2.24, 2.45) is 0 Å². The summed E-state index contributed by atoms with van der Waals surface area (Å²) in [7, 11) is 0. The molecule has 0 spiro atoms. The van der Waals surface area contributed by atoms with Gasteiger partial charge in [0.1, 0.15) is 0 Å². The van der Waals surface area contributed by atoms with E-state index < -0.39 is 24.3 Å². The summed E-state index contributed by atoms with van der Waals surface area (Å²) in [6, 6.07) is -1.05. The Kier molecular flexibility index (Phi) is 2.80. The lowest BCUT2D eigenvalue weighted by Crippen LogP contribution is -2.37. The first-order valence-corrected chi connectivity index (χ1v) is 3.54. The maximum absolute atomic E-state index is 9.18. The van der Waals surface area contributed by atoms with E-state index in [-0.39, 0.29) is 13.2 Å². The Balaban J connectivity index is 2.53. The fourth-order valence-corrected chi connectivity index (χ4v) is 1.27. The molecule has 0 aromatic rings. The van der Waals surface area contributed by atoms with Crippen LogP contribution in [0.1, 0.15) is 0 Å². The van der Waals surface area contributed by atoms with Crippen molar-refractivity contribution in [1.82, 2.24) is 5.32 Å². The van der Waals surface area contributed by atoms with Crippen LogP contribution >= 0.6 is 0 Å². The van der Waals surface area contributed by atoms with Crippen LogP contribution in [0.4, 0.5) is 0 Å². The molecule has 0 aromatic carbocycles. The fraction of sp³-hybridized carbons (Fsp3) is 1.00. The predicted molar refractivity (Wildman–Crippen MR) is 36.9 cm³/mol. The summed E-state index contributed by atoms with van der Waals surface area (Å²) < 4.78 is 0. The molecule has 11 heavy (non-hydrogen) atoms. The van der Waals surface area contributed by atoms with Crippen molar-refractivity contribution in [3.63, 3.8) is 0 Å². The molecular formula is C6H13NO4. The molecule has 5 heteroatoms. The van der Waals surface area contributed by atoms with E-state index in [4.69, 9.17) is 10.2 Å². The molecule has 4 atom stereocenters. The summed E-state index contributed by atoms with van der Waals surface area (Å²) >= 11 is 0. The number of aliphatic hydroxyl groups excluding tert-OH is 4. The maximum atomic E-state index is 9.18. The van der Waals surface area contributed by atoms with E-state index in [1.165, 1.54) is 0 Å². The van der Waals surface area contributed by atoms with E-state index >= 15 is 0 Å². The molecule has 5 nitrogen and oxygen atoms in total. The molecule has 1 rings (SSSR count). The van der Waals surface area contributed by atoms with Crippen LogP contribution in [0.5, 0.6) is 0 Å². The van der Waals surface area contributed by atoms with Crippen LogP contribution in [0.15, 0.2) is 0 Å². The molecule has 1 fully saturated rings. The van der Waals surface area contributed by atoms with Gasteiger partial charge in [-0.25, -0.2) is 0 Å². The molecule has 1 heterocycles. The molecule has 66 valence electrons. The highest BCUT2D eigenvalue weighted by atomic mass is 16.3. The van der Waals surface area contributed by atoms with Gasteiger partial charge in [0.2, 0.25) is 0 Å². The highest BCUT2D eigenvalue weighted by molar-refractivity contribution is 4.97. The zero-order chi connectivity index (χ0) is 8.43. The Morgan fingerprint density at radius 3 is 1.45 bits per heavy atom. The van der Waals surface area contributed by atoms with Gasteiger partial charge in [-0.2, -0.15) is 0 Å². The van der Waals surface area contributed by atoms with E-state index in [2.05, 4.69) is 5.32 Å². The summed E-state index contributed by atoms with van der Waals surface area (Å²) in [6.45, 7) is -0.483. The van der Waals surface area contributed by atoms with Crippen molar-refractivity contribution in [1.29, 1.82) is 0 Å². The average molecular weight is 163 g/mol. The van der Waals surface area contributed by atoms with Crippen LogP contribution in [0.3, 0.4) is 0 Å². The smallest absolute Gasteiger partial charge is 0.0990 e. The molecule has 1 aliphatic rings. The third kappa shape index (κ3) is 1.52. The van der Waals surface area contributed by atoms with Crippen molar-refractivity contribution in [2.45, 2.75) is 24.3 Å². The Morgan fingerprint density at radius 2 is 1.27 bits per heavy atom. The molecule has 2 unspecified atom stereocenters. The normalized spacial score (nSPS) is 44.7. The molecule has 0 amide bonds. The Bertz CT molecular complexity index is 114. The summed E-state index contributed by atoms with van der Waals surface area (Å²) in [6.07, 6.45) is -1.98. The summed E-state index contributed by atoms with van der Waals surface area (Å²) in [5.41, 5.74) is 0. The van der Waals surface area contributed by atoms with Gasteiger partial charge in [-0.3, -0.25) is 0 Å². The Hall–Kier alpha value is -0.200. The second kappa shape index (κ2) is 3.46. The molecule has 0 radical (unpaired) electrons. The first-order valence-electron chi connectivity index (χ1n) is 3.54. The van der Waals surface area contributed by atoms with E-state index in [0.717, 1.165) is 0 Å². The third-order valence-corrected chi connectivity index (χ3v) is 2.00. The lowest BCUT2D eigenvalue weighted by Gasteiger charge is -2.12. The van der Waals surface area contributed by atoms with Gasteiger partial charge in [0.15, 0.2) is 0 Å². The van der Waals surface area contributed by atoms with Crippen molar-refractivity contribution >= 4 is 0 Å². The van der Waals surface area contributed by atoms with Gasteiger partial charge in [0, 0.05) is 0 Å². The molecule has 0 aromatic heterocycles. The van der Waals surface area contributed by atoms with Crippen molar-refractivity contribution in [2.75, 3.05) is 13.2 Å². The van der Waals surface area contributed by atoms with Crippen molar-refractivity contribution in [3.05, 3.63) is 0 Å². The van der Waals surface area contributed by atoms with Crippen LogP contribution in [0, 0.1) is 0 Å². The third-order valence-electron chi connectivity index (χ3n) is 2.00. The number of hydrogen-bond donors (Lipinski definition) is 5. The van der Waals surface area contributed by atoms with Gasteiger partial charge in [0.05, 0.1) is 37.5 Å². The second-order valence-corrected chi connectivity index (χ2v) is 2.73. The molecule has 0 bridgehead atoms. The first kappa shape index (κ1) is 8.89. The lowest BCUT2D eigenvalue weighted by atomic mass is 10.1. The number of aliphatic hydroxyl groups is 4. The standard InChI is InChI=1S/C6H13NO4/c8-1-3-5(10)6(11)4(2-9)7-3/h3-11H,1-2H2/t3-,4?,5?,6-/m0/s1. The number of nitrogens with one attached hydrogen (secondary N) is 1. The van der Waals surface area contributed by atoms with E-state index in [1.807, 2.05) is 0 Å². The fourth-order valence-electron chi connectivity index (χ4n) is 1.27. The van der Waals surface area contributed by atoms with E-state index in [0.29, 0.717) is 0 Å². The van der Waals surface area contributed by atoms with E-state index in [9.17, 15) is 10.2 Å². The van der Waals surface area contributed by atoms with Crippen molar-refractivity contribution < 1.29 is 20.4 Å². The topological polar surface area (TPSA) is 93.0 Å². The van der Waals surface area contributed by atoms with Crippen molar-refractivity contribution in [3.8, 4) is 0 Å². The molecule has 1 saturated heterocycles. The maximum Gasteiger partial charge on any atom is 0.0990 e. The van der Waals surface area contributed by atoms with Crippen LogP contribution in [-0.2, 0) is 0 Å². The monoisotopic (exact) mass is 163 g/mol. The Morgan fingerprint density at radius 1 is 0.909 bits per heavy atom. The van der Waals surface area contributed by atoms with Gasteiger partial charge in [-0.1, -0.05) is 0 Å². The van der Waals surface area contributed by atoms with Crippen LogP contribution in [0.2, 0.25) is 0 Å². The lowest BCUT2D eigenvalue weighted by molar-refractivity contribution is 0.0130. The summed E-state index contributed by atoms with van der Waals surface area (Å²) in [4.78, 5) is 0. The Labute approximate surface area is 64.3 Å². The number of rotatable bonds is 2. The summed E-state index contributed by atoms with van der Waals surface area (Å²) in [5.74, 6) is 0. The van der Waals surface area contributed by atoms with E-state index in [1.54, 1.807) is 0 Å². The molecule has 0 aliphatic carbocycles. The highest BCUT2D eigenvalue weighted by Gasteiger charge is 2.39. The van der Waals surface area contributed by atoms with Gasteiger partial charge in [0.25, 0.3) is 0 Å². The second-order valence-electron chi connectivity index (χ2n) is 2.73. The van der Waals surface area contributed by atoms with Crippen LogP contribution in [0.25, 0.3) is 0 Å². The van der Waals surface area contributed by atoms with Crippen LogP contribution < -0.4 is 5.32 Å². The minimum atomic E-state index is -0.989. The highest BCUT2D eigenvalue weighted by Crippen LogP contribution is 2.13. The SMILES string of the molecule is OCC1N[C@@H](CO)C(O)[C@H]1O. The van der Waals surface area contributed by atoms with Gasteiger partial charge in [-0.15, -0.1) is 0 Å². The molecular weight excluding hydrogens is 150 g/mol. The molecule has 1 aliphatic heterocycles. The van der Waals surface area contributed by atoms with Gasteiger partial charge in [-0.05, 0) is 0 Å². The summed E-state index contributed by atoms with van der Waals surface area (Å²) in [5, 5.41) is 38.3. The molecule has 5 N–H and O–H groups in total. The molecule has 0 saturated carbocycles. The first-order chi connectivity index (χ1) is 5.20. The van der Waals surface area contributed by atoms with Crippen LogP contribution in [-0.4, -0.2) is 57.9 Å². The largest absolute Gasteiger partial charge is 0.395 e. The van der Waals surface area contributed by atoms with Gasteiger partial charge >= 0.3 is 0 Å². The minimum absolute atomic E-state index is 0.241. The average Bonchev–Trinajstić information content (AvgIpc) is 2.30.